The molecule has 0 unspecified atom stereocenters. The van der Waals surface area contributed by atoms with E-state index in [0.29, 0.717) is 28.2 Å². The summed E-state index contributed by atoms with van der Waals surface area (Å²) in [6, 6.07) is 22.1. The second kappa shape index (κ2) is 9.75. The van der Waals surface area contributed by atoms with Crippen molar-refractivity contribution >= 4 is 29.1 Å². The van der Waals surface area contributed by atoms with E-state index >= 15 is 0 Å². The van der Waals surface area contributed by atoms with Gasteiger partial charge in [-0.15, -0.1) is 11.8 Å². The number of hydrogen-bond acceptors (Lipinski definition) is 6. The highest BCUT2D eigenvalue weighted by molar-refractivity contribution is 7.98. The zero-order valence-corrected chi connectivity index (χ0v) is 18.6. The Morgan fingerprint density at radius 3 is 2.28 bits per heavy atom. The standard InChI is InChI=1S/C26H22O5S/c1-29-26(28)24(19-10-13-22-23(15-19)31-16-30-22)21(14-17-6-4-3-5-7-17)25(27)18-8-11-20(32-2)12-9-18/h3-13,15H,14,16H2,1-2H3/b24-21-. The molecule has 0 bridgehead atoms. The Bertz CT molecular complexity index is 1170. The molecular formula is C26H22O5S. The Balaban J connectivity index is 1.88. The van der Waals surface area contributed by atoms with Crippen molar-refractivity contribution < 1.29 is 23.8 Å². The second-order valence-electron chi connectivity index (χ2n) is 7.13. The van der Waals surface area contributed by atoms with Gasteiger partial charge in [0.05, 0.1) is 12.7 Å². The minimum absolute atomic E-state index is 0.119. The molecular weight excluding hydrogens is 424 g/mol. The van der Waals surface area contributed by atoms with Gasteiger partial charge in [0.15, 0.2) is 17.3 Å². The number of hydrogen-bond donors (Lipinski definition) is 0. The van der Waals surface area contributed by atoms with Crippen LogP contribution in [0.2, 0.25) is 0 Å². The number of methoxy groups -OCH3 is 1. The van der Waals surface area contributed by atoms with Crippen molar-refractivity contribution in [3.05, 3.63) is 95.1 Å². The number of thioether (sulfide) groups is 1. The number of fused-ring (bicyclic) bond motifs is 1. The first-order valence-corrected chi connectivity index (χ1v) is 11.3. The molecule has 0 spiro atoms. The summed E-state index contributed by atoms with van der Waals surface area (Å²) in [7, 11) is 1.31. The van der Waals surface area contributed by atoms with Gasteiger partial charge >= 0.3 is 5.97 Å². The molecule has 1 aliphatic rings. The van der Waals surface area contributed by atoms with E-state index in [-0.39, 0.29) is 24.6 Å². The van der Waals surface area contributed by atoms with Crippen LogP contribution in [0.15, 0.2) is 83.3 Å². The van der Waals surface area contributed by atoms with Gasteiger partial charge in [0.1, 0.15) is 0 Å². The van der Waals surface area contributed by atoms with Gasteiger partial charge in [0.25, 0.3) is 0 Å². The smallest absolute Gasteiger partial charge is 0.338 e. The van der Waals surface area contributed by atoms with Gasteiger partial charge in [-0.05, 0) is 53.8 Å². The summed E-state index contributed by atoms with van der Waals surface area (Å²) in [5.41, 5.74) is 2.54. The summed E-state index contributed by atoms with van der Waals surface area (Å²) in [5.74, 6) is 0.324. The van der Waals surface area contributed by atoms with E-state index in [9.17, 15) is 9.59 Å². The topological polar surface area (TPSA) is 61.8 Å². The summed E-state index contributed by atoms with van der Waals surface area (Å²) in [6.45, 7) is 0.119. The van der Waals surface area contributed by atoms with Gasteiger partial charge < -0.3 is 14.2 Å². The zero-order valence-electron chi connectivity index (χ0n) is 17.8. The molecule has 0 amide bonds. The zero-order chi connectivity index (χ0) is 22.5. The molecule has 162 valence electrons. The lowest BCUT2D eigenvalue weighted by molar-refractivity contribution is -0.133. The van der Waals surface area contributed by atoms with Crippen LogP contribution in [-0.2, 0) is 16.0 Å². The predicted octanol–water partition coefficient (Wildman–Crippen LogP) is 5.19. The molecule has 6 heteroatoms. The number of Topliss-reactive ketones (excluding diaryl/α,β-unsaturated/α-hetero) is 1. The molecule has 0 N–H and O–H groups in total. The van der Waals surface area contributed by atoms with E-state index in [1.807, 2.05) is 48.7 Å². The minimum atomic E-state index is -0.580. The lowest BCUT2D eigenvalue weighted by Gasteiger charge is -2.15. The van der Waals surface area contributed by atoms with Crippen LogP contribution in [0.1, 0.15) is 21.5 Å². The summed E-state index contributed by atoms with van der Waals surface area (Å²) in [5, 5.41) is 0. The third-order valence-corrected chi connectivity index (χ3v) is 5.95. The lowest BCUT2D eigenvalue weighted by Crippen LogP contribution is -2.15. The van der Waals surface area contributed by atoms with E-state index < -0.39 is 5.97 Å². The average Bonchev–Trinajstić information content (AvgIpc) is 3.32. The quantitative estimate of drug-likeness (QED) is 0.215. The second-order valence-corrected chi connectivity index (χ2v) is 8.01. The third-order valence-electron chi connectivity index (χ3n) is 5.20. The molecule has 0 aromatic heterocycles. The molecule has 4 rings (SSSR count). The number of allylic oxidation sites excluding steroid dienone is 1. The average molecular weight is 447 g/mol. The minimum Gasteiger partial charge on any atom is -0.465 e. The molecule has 0 aliphatic carbocycles. The fourth-order valence-electron chi connectivity index (χ4n) is 3.57. The first-order chi connectivity index (χ1) is 15.6. The first kappa shape index (κ1) is 21.7. The monoisotopic (exact) mass is 446 g/mol. The molecule has 1 heterocycles. The summed E-state index contributed by atoms with van der Waals surface area (Å²) >= 11 is 1.60. The van der Waals surface area contributed by atoms with Crippen LogP contribution >= 0.6 is 11.8 Å². The van der Waals surface area contributed by atoms with Gasteiger partial charge in [-0.25, -0.2) is 4.79 Å². The Morgan fingerprint density at radius 2 is 1.59 bits per heavy atom. The van der Waals surface area contributed by atoms with Crippen molar-refractivity contribution in [1.29, 1.82) is 0 Å². The highest BCUT2D eigenvalue weighted by Crippen LogP contribution is 2.36. The predicted molar refractivity (Wildman–Crippen MR) is 124 cm³/mol. The molecule has 0 radical (unpaired) electrons. The molecule has 0 atom stereocenters. The maximum atomic E-state index is 13.7. The van der Waals surface area contributed by atoms with Gasteiger partial charge in [-0.1, -0.05) is 36.4 Å². The molecule has 32 heavy (non-hydrogen) atoms. The van der Waals surface area contributed by atoms with Crippen LogP contribution in [0.5, 0.6) is 11.5 Å². The number of ether oxygens (including phenoxy) is 3. The maximum absolute atomic E-state index is 13.7. The van der Waals surface area contributed by atoms with Crippen LogP contribution in [0, 0.1) is 0 Å². The van der Waals surface area contributed by atoms with E-state index in [0.717, 1.165) is 10.5 Å². The molecule has 0 saturated heterocycles. The molecule has 0 fully saturated rings. The van der Waals surface area contributed by atoms with Gasteiger partial charge in [0, 0.05) is 22.5 Å². The lowest BCUT2D eigenvalue weighted by atomic mass is 9.89. The van der Waals surface area contributed by atoms with Crippen molar-refractivity contribution in [1.82, 2.24) is 0 Å². The molecule has 1 aliphatic heterocycles. The van der Waals surface area contributed by atoms with Crippen molar-refractivity contribution in [3.8, 4) is 11.5 Å². The largest absolute Gasteiger partial charge is 0.465 e. The highest BCUT2D eigenvalue weighted by Gasteiger charge is 2.26. The normalized spacial score (nSPS) is 12.8. The maximum Gasteiger partial charge on any atom is 0.338 e. The highest BCUT2D eigenvalue weighted by atomic mass is 32.2. The number of rotatable bonds is 7. The number of esters is 1. The summed E-state index contributed by atoms with van der Waals surface area (Å²) < 4.78 is 16.0. The molecule has 3 aromatic rings. The van der Waals surface area contributed by atoms with Crippen LogP contribution in [-0.4, -0.2) is 31.9 Å². The Morgan fingerprint density at radius 1 is 0.906 bits per heavy atom. The van der Waals surface area contributed by atoms with E-state index in [4.69, 9.17) is 14.2 Å². The van der Waals surface area contributed by atoms with Crippen molar-refractivity contribution in [2.75, 3.05) is 20.2 Å². The van der Waals surface area contributed by atoms with E-state index in [1.54, 1.807) is 42.1 Å². The number of carbonyl (C=O) groups is 2. The van der Waals surface area contributed by atoms with E-state index in [2.05, 4.69) is 0 Å². The van der Waals surface area contributed by atoms with Gasteiger partial charge in [-0.2, -0.15) is 0 Å². The van der Waals surface area contributed by atoms with Gasteiger partial charge in [-0.3, -0.25) is 4.79 Å². The van der Waals surface area contributed by atoms with Crippen LogP contribution in [0.25, 0.3) is 5.57 Å². The first-order valence-electron chi connectivity index (χ1n) is 10.0. The van der Waals surface area contributed by atoms with Crippen LogP contribution < -0.4 is 9.47 Å². The number of carbonyl (C=O) groups excluding carboxylic acids is 2. The Labute approximate surface area is 191 Å². The third kappa shape index (κ3) is 4.55. The van der Waals surface area contributed by atoms with Crippen LogP contribution in [0.4, 0.5) is 0 Å². The van der Waals surface area contributed by atoms with Crippen molar-refractivity contribution in [3.63, 3.8) is 0 Å². The summed E-state index contributed by atoms with van der Waals surface area (Å²) in [4.78, 5) is 27.7. The fraction of sp³-hybridized carbons (Fsp3) is 0.154. The Kier molecular flexibility index (Phi) is 6.61. The van der Waals surface area contributed by atoms with Gasteiger partial charge in [0.2, 0.25) is 6.79 Å². The van der Waals surface area contributed by atoms with Crippen molar-refractivity contribution in [2.24, 2.45) is 0 Å². The molecule has 3 aromatic carbocycles. The van der Waals surface area contributed by atoms with Crippen molar-refractivity contribution in [2.45, 2.75) is 11.3 Å². The SMILES string of the molecule is COC(=O)/C(=C(/Cc1ccccc1)C(=O)c1ccc(SC)cc1)c1ccc2c(c1)OCO2. The summed E-state index contributed by atoms with van der Waals surface area (Å²) in [6.07, 6.45) is 2.26. The van der Waals surface area contributed by atoms with Crippen LogP contribution in [0.3, 0.4) is 0 Å². The number of benzene rings is 3. The number of ketones is 1. The molecule has 5 nitrogen and oxygen atoms in total. The molecule has 0 saturated carbocycles. The fourth-order valence-corrected chi connectivity index (χ4v) is 3.98. The van der Waals surface area contributed by atoms with E-state index in [1.165, 1.54) is 7.11 Å². The Hall–Kier alpha value is -3.51.